The molecule has 3 aromatic rings. The number of para-hydroxylation sites is 2. The van der Waals surface area contributed by atoms with Gasteiger partial charge in [0.1, 0.15) is 0 Å². The number of aromatic nitrogens is 3. The molecule has 0 saturated carbocycles. The molecule has 1 aliphatic heterocycles. The number of nitrogens with one attached hydrogen (secondary N) is 2. The fourth-order valence-corrected chi connectivity index (χ4v) is 3.12. The molecule has 0 bridgehead atoms. The molecule has 0 aliphatic carbocycles. The number of anilines is 4. The van der Waals surface area contributed by atoms with Crippen LogP contribution in [0.1, 0.15) is 11.1 Å². The van der Waals surface area contributed by atoms with Crippen molar-refractivity contribution in [2.24, 2.45) is 0 Å². The van der Waals surface area contributed by atoms with Crippen molar-refractivity contribution in [2.45, 2.75) is 13.5 Å². The Morgan fingerprint density at radius 3 is 2.64 bits per heavy atom. The Labute approximate surface area is 164 Å². The highest BCUT2D eigenvalue weighted by Gasteiger charge is 2.15. The summed E-state index contributed by atoms with van der Waals surface area (Å²) in [6.45, 7) is 5.99. The van der Waals surface area contributed by atoms with Gasteiger partial charge in [-0.25, -0.2) is 0 Å². The minimum Gasteiger partial charge on any atom is -0.378 e. The zero-order valence-corrected chi connectivity index (χ0v) is 15.9. The number of morpholine rings is 1. The van der Waals surface area contributed by atoms with Crippen molar-refractivity contribution >= 4 is 23.1 Å². The first-order valence-corrected chi connectivity index (χ1v) is 9.46. The second kappa shape index (κ2) is 8.67. The lowest BCUT2D eigenvalue weighted by Gasteiger charge is -2.30. The normalized spacial score (nSPS) is 14.0. The van der Waals surface area contributed by atoms with Gasteiger partial charge in [0, 0.05) is 19.6 Å². The van der Waals surface area contributed by atoms with E-state index in [1.165, 1.54) is 11.1 Å². The van der Waals surface area contributed by atoms with Crippen LogP contribution in [0.15, 0.2) is 54.7 Å². The maximum atomic E-state index is 5.46. The van der Waals surface area contributed by atoms with E-state index in [1.54, 1.807) is 6.20 Å². The molecular formula is C21H24N6O. The van der Waals surface area contributed by atoms with E-state index in [9.17, 15) is 0 Å². The smallest absolute Gasteiger partial charge is 0.249 e. The largest absolute Gasteiger partial charge is 0.378 e. The number of hydrogen-bond acceptors (Lipinski definition) is 7. The third kappa shape index (κ3) is 4.55. The summed E-state index contributed by atoms with van der Waals surface area (Å²) < 4.78 is 5.46. The molecule has 0 atom stereocenters. The highest BCUT2D eigenvalue weighted by Crippen LogP contribution is 2.28. The van der Waals surface area contributed by atoms with Gasteiger partial charge in [0.2, 0.25) is 5.95 Å². The molecule has 0 unspecified atom stereocenters. The molecule has 1 aliphatic rings. The summed E-state index contributed by atoms with van der Waals surface area (Å²) >= 11 is 0. The van der Waals surface area contributed by atoms with Gasteiger partial charge in [-0.15, -0.1) is 5.10 Å². The first kappa shape index (κ1) is 18.2. The fraction of sp³-hybridized carbons (Fsp3) is 0.286. The van der Waals surface area contributed by atoms with Crippen LogP contribution >= 0.6 is 0 Å². The van der Waals surface area contributed by atoms with Crippen molar-refractivity contribution in [1.82, 2.24) is 15.2 Å². The lowest BCUT2D eigenvalue weighted by molar-refractivity contribution is 0.123. The van der Waals surface area contributed by atoms with Crippen LogP contribution in [0, 0.1) is 6.92 Å². The molecule has 7 heteroatoms. The van der Waals surface area contributed by atoms with E-state index in [0.29, 0.717) is 18.3 Å². The van der Waals surface area contributed by atoms with Crippen LogP contribution in [0.5, 0.6) is 0 Å². The predicted molar refractivity (Wildman–Crippen MR) is 111 cm³/mol. The van der Waals surface area contributed by atoms with Gasteiger partial charge in [0.15, 0.2) is 5.82 Å². The fourth-order valence-electron chi connectivity index (χ4n) is 3.12. The lowest BCUT2D eigenvalue weighted by atomic mass is 10.1. The molecule has 28 heavy (non-hydrogen) atoms. The van der Waals surface area contributed by atoms with E-state index < -0.39 is 0 Å². The Morgan fingerprint density at radius 1 is 1.04 bits per heavy atom. The standard InChI is InChI=1S/C21H24N6O/c1-16-6-8-17(9-7-16)14-22-20-15-23-26-21(25-20)24-18-4-2-3-5-19(18)27-10-12-28-13-11-27/h2-9,15H,10-14H2,1H3,(H2,22,24,25,26). The summed E-state index contributed by atoms with van der Waals surface area (Å²) in [6, 6.07) is 16.6. The molecule has 1 saturated heterocycles. The van der Waals surface area contributed by atoms with Crippen molar-refractivity contribution in [3.63, 3.8) is 0 Å². The van der Waals surface area contributed by atoms with Crippen molar-refractivity contribution in [1.29, 1.82) is 0 Å². The number of hydrogen-bond donors (Lipinski definition) is 2. The van der Waals surface area contributed by atoms with Gasteiger partial charge < -0.3 is 20.3 Å². The van der Waals surface area contributed by atoms with Crippen LogP contribution in [-0.2, 0) is 11.3 Å². The molecule has 7 nitrogen and oxygen atoms in total. The molecule has 1 aromatic heterocycles. The van der Waals surface area contributed by atoms with Gasteiger partial charge in [-0.2, -0.15) is 10.1 Å². The zero-order chi connectivity index (χ0) is 19.2. The number of benzene rings is 2. The minimum atomic E-state index is 0.467. The zero-order valence-electron chi connectivity index (χ0n) is 15.9. The molecule has 1 fully saturated rings. The monoisotopic (exact) mass is 376 g/mol. The van der Waals surface area contributed by atoms with E-state index in [1.807, 2.05) is 18.2 Å². The van der Waals surface area contributed by atoms with E-state index in [0.717, 1.165) is 37.7 Å². The summed E-state index contributed by atoms with van der Waals surface area (Å²) in [5, 5.41) is 14.8. The third-order valence-corrected chi connectivity index (χ3v) is 4.66. The van der Waals surface area contributed by atoms with Gasteiger partial charge in [-0.05, 0) is 24.6 Å². The van der Waals surface area contributed by atoms with Crippen LogP contribution < -0.4 is 15.5 Å². The van der Waals surface area contributed by atoms with E-state index >= 15 is 0 Å². The Kier molecular flexibility index (Phi) is 5.63. The molecule has 2 aromatic carbocycles. The first-order chi connectivity index (χ1) is 13.8. The second-order valence-corrected chi connectivity index (χ2v) is 6.75. The molecule has 0 amide bonds. The van der Waals surface area contributed by atoms with Crippen LogP contribution in [0.4, 0.5) is 23.1 Å². The Hall–Kier alpha value is -3.19. The maximum Gasteiger partial charge on any atom is 0.249 e. The minimum absolute atomic E-state index is 0.467. The van der Waals surface area contributed by atoms with Gasteiger partial charge in [-0.3, -0.25) is 0 Å². The van der Waals surface area contributed by atoms with Gasteiger partial charge in [-0.1, -0.05) is 42.0 Å². The number of ether oxygens (including phenoxy) is 1. The van der Waals surface area contributed by atoms with Crippen molar-refractivity contribution in [3.8, 4) is 0 Å². The average Bonchev–Trinajstić information content (AvgIpc) is 2.75. The summed E-state index contributed by atoms with van der Waals surface area (Å²) in [4.78, 5) is 6.85. The Morgan fingerprint density at radius 2 is 1.82 bits per heavy atom. The topological polar surface area (TPSA) is 75.2 Å². The van der Waals surface area contributed by atoms with E-state index in [4.69, 9.17) is 4.74 Å². The molecule has 0 radical (unpaired) electrons. The number of rotatable bonds is 6. The van der Waals surface area contributed by atoms with Crippen LogP contribution in [0.2, 0.25) is 0 Å². The lowest BCUT2D eigenvalue weighted by Crippen LogP contribution is -2.36. The maximum absolute atomic E-state index is 5.46. The molecular weight excluding hydrogens is 352 g/mol. The second-order valence-electron chi connectivity index (χ2n) is 6.75. The summed E-state index contributed by atoms with van der Waals surface area (Å²) in [7, 11) is 0. The van der Waals surface area contributed by atoms with Crippen LogP contribution in [0.3, 0.4) is 0 Å². The van der Waals surface area contributed by atoms with Crippen molar-refractivity contribution < 1.29 is 4.74 Å². The number of nitrogens with zero attached hydrogens (tertiary/aromatic N) is 4. The van der Waals surface area contributed by atoms with E-state index in [2.05, 4.69) is 68.0 Å². The molecule has 0 spiro atoms. The molecule has 4 rings (SSSR count). The third-order valence-electron chi connectivity index (χ3n) is 4.66. The predicted octanol–water partition coefficient (Wildman–Crippen LogP) is 3.37. The van der Waals surface area contributed by atoms with Crippen molar-refractivity contribution in [2.75, 3.05) is 41.8 Å². The summed E-state index contributed by atoms with van der Waals surface area (Å²) in [5.74, 6) is 1.15. The van der Waals surface area contributed by atoms with Crippen molar-refractivity contribution in [3.05, 3.63) is 65.9 Å². The van der Waals surface area contributed by atoms with Gasteiger partial charge in [0.25, 0.3) is 0 Å². The number of aryl methyl sites for hydroxylation is 1. The highest BCUT2D eigenvalue weighted by molar-refractivity contribution is 5.73. The highest BCUT2D eigenvalue weighted by atomic mass is 16.5. The van der Waals surface area contributed by atoms with Gasteiger partial charge in [0.05, 0.1) is 30.8 Å². The molecule has 2 heterocycles. The quantitative estimate of drug-likeness (QED) is 0.683. The van der Waals surface area contributed by atoms with Gasteiger partial charge >= 0.3 is 0 Å². The average molecular weight is 376 g/mol. The summed E-state index contributed by atoms with van der Waals surface area (Å²) in [5.41, 5.74) is 4.52. The van der Waals surface area contributed by atoms with Crippen LogP contribution in [0.25, 0.3) is 0 Å². The molecule has 2 N–H and O–H groups in total. The first-order valence-electron chi connectivity index (χ1n) is 9.46. The molecule has 144 valence electrons. The summed E-state index contributed by atoms with van der Waals surface area (Å²) in [6.07, 6.45) is 1.63. The SMILES string of the molecule is Cc1ccc(CNc2cnnc(Nc3ccccc3N3CCOCC3)n2)cc1. The van der Waals surface area contributed by atoms with E-state index in [-0.39, 0.29) is 0 Å². The van der Waals surface area contributed by atoms with Crippen LogP contribution in [-0.4, -0.2) is 41.5 Å². The Bertz CT molecular complexity index is 909. The Balaban J connectivity index is 1.45.